The molecule has 10 nitrogen and oxygen atoms in total. The summed E-state index contributed by atoms with van der Waals surface area (Å²) in [6, 6.07) is 2.55. The summed E-state index contributed by atoms with van der Waals surface area (Å²) in [5.41, 5.74) is 3.46. The van der Waals surface area contributed by atoms with E-state index in [9.17, 15) is 23.2 Å². The van der Waals surface area contributed by atoms with Gasteiger partial charge in [-0.15, -0.1) is 0 Å². The molecule has 4 heterocycles. The second-order valence-corrected chi connectivity index (χ2v) is 8.74. The number of hydrogen-bond acceptors (Lipinski definition) is 9. The lowest BCUT2D eigenvalue weighted by atomic mass is 9.70. The molecule has 7 unspecified atom stereocenters. The molecule has 2 aliphatic heterocycles. The van der Waals surface area contributed by atoms with Gasteiger partial charge >= 0.3 is 6.18 Å². The third-order valence-corrected chi connectivity index (χ3v) is 6.88. The number of aromatic nitrogens is 4. The molecule has 3 aliphatic rings. The number of carbonyl (C=O) groups is 1. The van der Waals surface area contributed by atoms with E-state index in [2.05, 4.69) is 42.1 Å². The molecule has 0 radical (unpaired) electrons. The first-order chi connectivity index (χ1) is 16.3. The van der Waals surface area contributed by atoms with Crippen LogP contribution in [0, 0.1) is 23.2 Å². The van der Waals surface area contributed by atoms with Crippen LogP contribution in [0.1, 0.15) is 48.9 Å². The lowest BCUT2D eigenvalue weighted by Gasteiger charge is -2.47. The lowest BCUT2D eigenvalue weighted by Crippen LogP contribution is -2.68. The number of rotatable bonds is 4. The summed E-state index contributed by atoms with van der Waals surface area (Å²) < 4.78 is 38.5. The molecule has 1 amide bonds. The van der Waals surface area contributed by atoms with E-state index >= 15 is 0 Å². The molecule has 2 aromatic heterocycles. The third-order valence-electron chi connectivity index (χ3n) is 6.88. The van der Waals surface area contributed by atoms with Crippen molar-refractivity contribution in [3.63, 3.8) is 0 Å². The summed E-state index contributed by atoms with van der Waals surface area (Å²) in [5.74, 6) is -1.30. The fraction of sp³-hybridized carbons (Fsp3) is 0.524. The molecule has 5 rings (SSSR count). The van der Waals surface area contributed by atoms with E-state index in [4.69, 9.17) is 0 Å². The summed E-state index contributed by atoms with van der Waals surface area (Å²) in [5, 5.41) is 17.8. The number of hydrogen-bond donors (Lipinski definition) is 3. The maximum Gasteiger partial charge on any atom is 0.451 e. The predicted molar refractivity (Wildman–Crippen MR) is 110 cm³/mol. The van der Waals surface area contributed by atoms with Crippen LogP contribution in [-0.2, 0) is 11.0 Å². The molecule has 7 atom stereocenters. The van der Waals surface area contributed by atoms with Gasteiger partial charge in [0.25, 0.3) is 0 Å². The average Bonchev–Trinajstić information content (AvgIpc) is 3.17. The molecule has 0 bridgehead atoms. The Hall–Kier alpha value is -3.21. The van der Waals surface area contributed by atoms with Crippen LogP contribution >= 0.6 is 0 Å². The highest BCUT2D eigenvalue weighted by Gasteiger charge is 2.54. The molecule has 34 heavy (non-hydrogen) atoms. The van der Waals surface area contributed by atoms with E-state index in [1.807, 2.05) is 0 Å². The highest BCUT2D eigenvalue weighted by Crippen LogP contribution is 2.44. The van der Waals surface area contributed by atoms with E-state index in [0.717, 1.165) is 31.1 Å². The fourth-order valence-corrected chi connectivity index (χ4v) is 4.93. The number of nitriles is 1. The van der Waals surface area contributed by atoms with Gasteiger partial charge in [-0.3, -0.25) is 10.1 Å². The van der Waals surface area contributed by atoms with Gasteiger partial charge in [0.2, 0.25) is 11.7 Å². The lowest BCUT2D eigenvalue weighted by molar-refractivity contribution is -0.145. The van der Waals surface area contributed by atoms with Crippen molar-refractivity contribution in [1.82, 2.24) is 41.0 Å². The van der Waals surface area contributed by atoms with Gasteiger partial charge in [0.05, 0.1) is 30.4 Å². The topological polar surface area (TPSA) is 132 Å². The minimum Gasteiger partial charge on any atom is -0.340 e. The van der Waals surface area contributed by atoms with Crippen molar-refractivity contribution in [2.24, 2.45) is 11.8 Å². The zero-order valence-electron chi connectivity index (χ0n) is 18.1. The second kappa shape index (κ2) is 8.53. The zero-order chi connectivity index (χ0) is 24.0. The van der Waals surface area contributed by atoms with Crippen LogP contribution in [0.3, 0.4) is 0 Å². The molecule has 0 aromatic carbocycles. The predicted octanol–water partition coefficient (Wildman–Crippen LogP) is 1.24. The standard InChI is InChI=1S/C21H22F3N9O/c1-10(11-8-28-20(29-9-11)21(22,23)24)33-18-15(14(7-25)32-33)19(34)31-17(30-18)13-4-3-12(13)16-26-5-2-6-27-16/h2,5-6,8-10,12-15,17-18,30,32H,3-4H2,1H3,(H,31,34). The van der Waals surface area contributed by atoms with Gasteiger partial charge in [-0.2, -0.15) is 18.4 Å². The Morgan fingerprint density at radius 1 is 1.18 bits per heavy atom. The minimum atomic E-state index is -4.64. The maximum atomic E-state index is 13.1. The first kappa shape index (κ1) is 22.6. The van der Waals surface area contributed by atoms with Crippen molar-refractivity contribution < 1.29 is 18.0 Å². The quantitative estimate of drug-likeness (QED) is 0.600. The highest BCUT2D eigenvalue weighted by molar-refractivity contribution is 5.82. The Morgan fingerprint density at radius 3 is 2.47 bits per heavy atom. The van der Waals surface area contributed by atoms with Crippen molar-refractivity contribution in [2.45, 2.75) is 56.3 Å². The molecule has 2 aromatic rings. The van der Waals surface area contributed by atoms with Gasteiger partial charge in [0.1, 0.15) is 11.9 Å². The van der Waals surface area contributed by atoms with Crippen LogP contribution in [0.2, 0.25) is 0 Å². The Kier molecular flexibility index (Phi) is 5.67. The van der Waals surface area contributed by atoms with E-state index < -0.39 is 36.2 Å². The average molecular weight is 473 g/mol. The number of amides is 1. The zero-order valence-corrected chi connectivity index (χ0v) is 18.1. The third kappa shape index (κ3) is 3.87. The summed E-state index contributed by atoms with van der Waals surface area (Å²) in [6.45, 7) is 1.75. The van der Waals surface area contributed by atoms with Gasteiger partial charge in [-0.25, -0.2) is 30.4 Å². The van der Waals surface area contributed by atoms with Crippen molar-refractivity contribution >= 4 is 5.91 Å². The smallest absolute Gasteiger partial charge is 0.340 e. The molecule has 178 valence electrons. The van der Waals surface area contributed by atoms with E-state index in [1.165, 1.54) is 0 Å². The van der Waals surface area contributed by atoms with Gasteiger partial charge in [0, 0.05) is 42.2 Å². The number of fused-ring (bicyclic) bond motifs is 1. The highest BCUT2D eigenvalue weighted by atomic mass is 19.4. The van der Waals surface area contributed by atoms with E-state index in [-0.39, 0.29) is 23.9 Å². The number of nitrogens with zero attached hydrogens (tertiary/aromatic N) is 6. The van der Waals surface area contributed by atoms with Gasteiger partial charge in [0.15, 0.2) is 0 Å². The Morgan fingerprint density at radius 2 is 1.88 bits per heavy atom. The second-order valence-electron chi connectivity index (χ2n) is 8.74. The molecule has 0 spiro atoms. The fourth-order valence-electron chi connectivity index (χ4n) is 4.93. The summed E-state index contributed by atoms with van der Waals surface area (Å²) in [7, 11) is 0. The molecule has 1 saturated carbocycles. The van der Waals surface area contributed by atoms with Crippen molar-refractivity contribution in [2.75, 3.05) is 0 Å². The molecule has 1 aliphatic carbocycles. The molecular weight excluding hydrogens is 451 g/mol. The van der Waals surface area contributed by atoms with Gasteiger partial charge in [-0.1, -0.05) is 0 Å². The number of carbonyl (C=O) groups excluding carboxylic acids is 1. The summed E-state index contributed by atoms with van der Waals surface area (Å²) in [4.78, 5) is 28.6. The monoisotopic (exact) mass is 473 g/mol. The van der Waals surface area contributed by atoms with Crippen LogP contribution in [0.4, 0.5) is 13.2 Å². The number of hydrazine groups is 1. The van der Waals surface area contributed by atoms with Crippen molar-refractivity contribution in [3.05, 3.63) is 48.1 Å². The molecule has 3 N–H and O–H groups in total. The van der Waals surface area contributed by atoms with Crippen LogP contribution in [0.25, 0.3) is 0 Å². The Bertz CT molecular complexity index is 1090. The van der Waals surface area contributed by atoms with Crippen molar-refractivity contribution in [3.8, 4) is 6.07 Å². The molecule has 13 heteroatoms. The van der Waals surface area contributed by atoms with Crippen molar-refractivity contribution in [1.29, 1.82) is 5.26 Å². The van der Waals surface area contributed by atoms with E-state index in [0.29, 0.717) is 5.56 Å². The first-order valence-corrected chi connectivity index (χ1v) is 10.9. The molecule has 2 saturated heterocycles. The number of alkyl halides is 3. The largest absolute Gasteiger partial charge is 0.451 e. The summed E-state index contributed by atoms with van der Waals surface area (Å²) in [6.07, 6.45) is 1.82. The van der Waals surface area contributed by atoms with Crippen LogP contribution in [0.5, 0.6) is 0 Å². The maximum absolute atomic E-state index is 13.1. The number of nitrogens with one attached hydrogen (secondary N) is 3. The van der Waals surface area contributed by atoms with Crippen LogP contribution in [0.15, 0.2) is 30.9 Å². The number of halogens is 3. The van der Waals surface area contributed by atoms with Crippen LogP contribution in [-0.4, -0.2) is 49.2 Å². The summed E-state index contributed by atoms with van der Waals surface area (Å²) >= 11 is 0. The molecule has 3 fully saturated rings. The molecular formula is C21H22F3N9O. The normalized spacial score (nSPS) is 32.3. The first-order valence-electron chi connectivity index (χ1n) is 10.9. The van der Waals surface area contributed by atoms with Gasteiger partial charge < -0.3 is 5.32 Å². The van der Waals surface area contributed by atoms with Gasteiger partial charge in [-0.05, 0) is 25.8 Å². The van der Waals surface area contributed by atoms with E-state index in [1.54, 1.807) is 30.4 Å². The van der Waals surface area contributed by atoms with Crippen LogP contribution < -0.4 is 16.1 Å². The Balaban J connectivity index is 1.37. The minimum absolute atomic E-state index is 0.0694. The SMILES string of the molecule is CC(c1cnc(C(F)(F)F)nc1)N1NC(C#N)C2C(=O)NC(C3CCC3c3ncccn3)NC21. The Labute approximate surface area is 193 Å².